The third-order valence-electron chi connectivity index (χ3n) is 5.28. The zero-order chi connectivity index (χ0) is 17.8. The zero-order valence-electron chi connectivity index (χ0n) is 13.7. The minimum atomic E-state index is -4.75. The highest BCUT2D eigenvalue weighted by molar-refractivity contribution is 7.80. The van der Waals surface area contributed by atoms with Crippen LogP contribution in [-0.2, 0) is 14.7 Å². The largest absolute Gasteiger partial charge is 0.423 e. The molecule has 3 fully saturated rings. The molecule has 0 spiro atoms. The van der Waals surface area contributed by atoms with Gasteiger partial charge in [0.15, 0.2) is 0 Å². The van der Waals surface area contributed by atoms with E-state index in [-0.39, 0.29) is 12.5 Å². The van der Waals surface area contributed by atoms with Crippen molar-refractivity contribution in [3.05, 3.63) is 11.8 Å². The maximum Gasteiger partial charge on any atom is 0.418 e. The molecule has 11 heteroatoms. The molecule has 3 heterocycles. The number of carbonyl (C=O) groups excluding carboxylic acids is 1. The summed E-state index contributed by atoms with van der Waals surface area (Å²) >= 11 is 0. The first-order valence-electron chi connectivity index (χ1n) is 8.42. The Morgan fingerprint density at radius 2 is 1.96 bits per heavy atom. The number of hydrogen-bond acceptors (Lipinski definition) is 7. The van der Waals surface area contributed by atoms with E-state index < -0.39 is 28.5 Å². The Kier molecular flexibility index (Phi) is 3.96. The lowest BCUT2D eigenvalue weighted by atomic mass is 10.0. The number of rotatable bonds is 4. The van der Waals surface area contributed by atoms with Crippen LogP contribution in [0.2, 0.25) is 0 Å². The Bertz CT molecular complexity index is 780. The van der Waals surface area contributed by atoms with Crippen LogP contribution in [-0.4, -0.2) is 51.7 Å². The lowest BCUT2D eigenvalue weighted by Gasteiger charge is -2.27. The highest BCUT2D eigenvalue weighted by Crippen LogP contribution is 2.41. The van der Waals surface area contributed by atoms with Gasteiger partial charge >= 0.3 is 16.4 Å². The van der Waals surface area contributed by atoms with Crippen LogP contribution in [0.4, 0.5) is 4.79 Å². The second kappa shape index (κ2) is 5.92. The molecule has 0 radical (unpaired) electrons. The maximum atomic E-state index is 12.4. The van der Waals surface area contributed by atoms with Gasteiger partial charge in [-0.15, -0.1) is 14.5 Å². The van der Waals surface area contributed by atoms with Crippen LogP contribution in [0.25, 0.3) is 0 Å². The maximum absolute atomic E-state index is 12.4. The summed E-state index contributed by atoms with van der Waals surface area (Å²) < 4.78 is 41.0. The van der Waals surface area contributed by atoms with E-state index in [9.17, 15) is 13.2 Å². The molecule has 2 bridgehead atoms. The predicted molar refractivity (Wildman–Crippen MR) is 82.4 cm³/mol. The molecule has 4 rings (SSSR count). The van der Waals surface area contributed by atoms with Crippen LogP contribution < -0.4 is 0 Å². The van der Waals surface area contributed by atoms with E-state index in [1.54, 1.807) is 0 Å². The van der Waals surface area contributed by atoms with Gasteiger partial charge < -0.3 is 9.32 Å². The number of piperidine rings is 1. The molecule has 1 aliphatic carbocycles. The van der Waals surface area contributed by atoms with Crippen molar-refractivity contribution in [1.29, 1.82) is 0 Å². The lowest BCUT2D eigenvalue weighted by molar-refractivity contribution is -0.0317. The quantitative estimate of drug-likeness (QED) is 0.791. The van der Waals surface area contributed by atoms with Crippen molar-refractivity contribution < 1.29 is 26.5 Å². The average molecular weight is 372 g/mol. The van der Waals surface area contributed by atoms with Gasteiger partial charge in [-0.05, 0) is 38.0 Å². The molecule has 2 amide bonds. The van der Waals surface area contributed by atoms with Crippen molar-refractivity contribution in [1.82, 2.24) is 20.2 Å². The smallest absolute Gasteiger partial charge is 0.418 e. The zero-order valence-corrected chi connectivity index (χ0v) is 14.6. The molecule has 25 heavy (non-hydrogen) atoms. The second-order valence-corrected chi connectivity index (χ2v) is 8.11. The molecule has 1 aromatic heterocycles. The van der Waals surface area contributed by atoms with Gasteiger partial charge in [0, 0.05) is 12.5 Å². The number of carbonyl (C=O) groups is 1. The third kappa shape index (κ3) is 3.11. The summed E-state index contributed by atoms with van der Waals surface area (Å²) in [5, 5.41) is 8.99. The highest BCUT2D eigenvalue weighted by Gasteiger charge is 2.49. The summed E-state index contributed by atoms with van der Waals surface area (Å²) in [7, 11) is -4.75. The van der Waals surface area contributed by atoms with E-state index >= 15 is 0 Å². The number of amides is 2. The van der Waals surface area contributed by atoms with Crippen LogP contribution in [0.3, 0.4) is 0 Å². The fourth-order valence-electron chi connectivity index (χ4n) is 4.07. The Hall–Kier alpha value is -1.72. The van der Waals surface area contributed by atoms with Gasteiger partial charge in [-0.2, -0.15) is 13.5 Å². The van der Waals surface area contributed by atoms with Gasteiger partial charge in [-0.1, -0.05) is 6.92 Å². The lowest BCUT2D eigenvalue weighted by Crippen LogP contribution is -2.35. The molecule has 1 N–H and O–H groups in total. The van der Waals surface area contributed by atoms with Crippen molar-refractivity contribution in [2.24, 2.45) is 5.92 Å². The summed E-state index contributed by atoms with van der Waals surface area (Å²) in [6.07, 6.45) is 4.26. The predicted octanol–water partition coefficient (Wildman–Crippen LogP) is 1.65. The Morgan fingerprint density at radius 1 is 1.20 bits per heavy atom. The molecule has 10 nitrogen and oxygen atoms in total. The third-order valence-corrected chi connectivity index (χ3v) is 5.63. The summed E-state index contributed by atoms with van der Waals surface area (Å²) in [5.41, 5.74) is 0. The summed E-state index contributed by atoms with van der Waals surface area (Å²) in [5.74, 6) is 1.89. The first-order valence-corrected chi connectivity index (χ1v) is 9.78. The number of hydrogen-bond donors (Lipinski definition) is 1. The number of fused-ring (bicyclic) bond motifs is 2. The summed E-state index contributed by atoms with van der Waals surface area (Å²) in [6.45, 7) is 2.49. The number of urea groups is 1. The normalized spacial score (nSPS) is 32.6. The highest BCUT2D eigenvalue weighted by atomic mass is 32.3. The van der Waals surface area contributed by atoms with Crippen molar-refractivity contribution in [2.45, 2.75) is 57.0 Å². The Balaban J connectivity index is 1.51. The van der Waals surface area contributed by atoms with E-state index in [4.69, 9.17) is 8.97 Å². The Labute approximate surface area is 145 Å². The van der Waals surface area contributed by atoms with E-state index in [1.807, 2.05) is 0 Å². The number of aromatic nitrogens is 2. The van der Waals surface area contributed by atoms with Gasteiger partial charge in [-0.3, -0.25) is 4.55 Å². The van der Waals surface area contributed by atoms with Crippen LogP contribution in [0.15, 0.2) is 4.42 Å². The van der Waals surface area contributed by atoms with Crippen LogP contribution in [0.5, 0.6) is 0 Å². The van der Waals surface area contributed by atoms with Gasteiger partial charge in [-0.25, -0.2) is 4.79 Å². The van der Waals surface area contributed by atoms with Crippen LogP contribution >= 0.6 is 0 Å². The van der Waals surface area contributed by atoms with Crippen LogP contribution in [0.1, 0.15) is 62.8 Å². The second-order valence-electron chi connectivity index (χ2n) is 7.10. The SMILES string of the molecule is C[C@H]1CCC(c2nnc([C@@H]3CC[C@@H]4CN3C(=O)N4OS(=O)(=O)O)o2)C1. The van der Waals surface area contributed by atoms with Gasteiger partial charge in [0.05, 0.1) is 6.04 Å². The van der Waals surface area contributed by atoms with Gasteiger partial charge in [0.2, 0.25) is 11.8 Å². The molecule has 2 saturated heterocycles. The molecule has 4 atom stereocenters. The standard InChI is InChI=1S/C14H20N4O6S/c1-8-2-3-9(6-8)12-15-16-13(23-12)11-5-4-10-7-17(11)14(19)18(10)24-25(20,21)22/h8-11H,2-7H2,1H3,(H,20,21,22)/t8-,9?,10+,11-/m0/s1. The minimum absolute atomic E-state index is 0.265. The number of nitrogens with zero attached hydrogens (tertiary/aromatic N) is 4. The molecule has 1 saturated carbocycles. The van der Waals surface area contributed by atoms with Gasteiger partial charge in [0.1, 0.15) is 6.04 Å². The molecular weight excluding hydrogens is 352 g/mol. The molecule has 1 aromatic rings. The van der Waals surface area contributed by atoms with Crippen molar-refractivity contribution in [3.8, 4) is 0 Å². The molecular formula is C14H20N4O6S. The Morgan fingerprint density at radius 3 is 2.64 bits per heavy atom. The van der Waals surface area contributed by atoms with Gasteiger partial charge in [0.25, 0.3) is 0 Å². The average Bonchev–Trinajstić information content (AvgIpc) is 3.23. The summed E-state index contributed by atoms with van der Waals surface area (Å²) in [4.78, 5) is 13.9. The monoisotopic (exact) mass is 372 g/mol. The fourth-order valence-corrected chi connectivity index (χ4v) is 4.45. The first-order chi connectivity index (χ1) is 11.8. The molecule has 2 aliphatic heterocycles. The molecule has 1 unspecified atom stereocenters. The van der Waals surface area contributed by atoms with E-state index in [0.717, 1.165) is 19.3 Å². The number of hydroxylamine groups is 2. The molecule has 3 aliphatic rings. The van der Waals surface area contributed by atoms with Crippen molar-refractivity contribution in [3.63, 3.8) is 0 Å². The fraction of sp³-hybridized carbons (Fsp3) is 0.786. The van der Waals surface area contributed by atoms with Crippen molar-refractivity contribution in [2.75, 3.05) is 6.54 Å². The van der Waals surface area contributed by atoms with E-state index in [0.29, 0.717) is 35.6 Å². The molecule has 138 valence electrons. The first kappa shape index (κ1) is 16.7. The van der Waals surface area contributed by atoms with E-state index in [2.05, 4.69) is 21.4 Å². The topological polar surface area (TPSA) is 126 Å². The van der Waals surface area contributed by atoms with Crippen LogP contribution in [0, 0.1) is 5.92 Å². The molecule has 0 aromatic carbocycles. The summed E-state index contributed by atoms with van der Waals surface area (Å²) in [6, 6.07) is -1.46. The minimum Gasteiger partial charge on any atom is -0.423 e. The van der Waals surface area contributed by atoms with E-state index in [1.165, 1.54) is 4.90 Å². The van der Waals surface area contributed by atoms with Crippen molar-refractivity contribution >= 4 is 16.4 Å².